The maximum atomic E-state index is 13.7. The van der Waals surface area contributed by atoms with Crippen molar-refractivity contribution in [3.05, 3.63) is 76.3 Å². The summed E-state index contributed by atoms with van der Waals surface area (Å²) in [6.45, 7) is 13.3. The molecule has 274 valence electrons. The third-order valence-corrected chi connectivity index (χ3v) is 10.2. The lowest BCUT2D eigenvalue weighted by atomic mass is 9.77. The molecule has 3 rings (SSSR count). The lowest BCUT2D eigenvalue weighted by Gasteiger charge is -2.33. The normalized spacial score (nSPS) is 23.1. The van der Waals surface area contributed by atoms with Crippen molar-refractivity contribution in [1.82, 2.24) is 10.6 Å². The Kier molecular flexibility index (Phi) is 15.3. The zero-order chi connectivity index (χ0) is 37.2. The van der Waals surface area contributed by atoms with Crippen LogP contribution in [0.4, 0.5) is 0 Å². The summed E-state index contributed by atoms with van der Waals surface area (Å²) < 4.78 is 17.3. The van der Waals surface area contributed by atoms with Gasteiger partial charge in [-0.3, -0.25) is 14.4 Å². The average Bonchev–Trinajstić information content (AvgIpc) is 3.08. The number of carbonyl (C=O) groups is 4. The molecule has 0 aromatic heterocycles. The van der Waals surface area contributed by atoms with Gasteiger partial charge in [-0.2, -0.15) is 12.6 Å². The van der Waals surface area contributed by atoms with Crippen LogP contribution in [0, 0.1) is 23.2 Å². The second-order valence-electron chi connectivity index (χ2n) is 14.4. The molecule has 9 nitrogen and oxygen atoms in total. The number of nitrogens with one attached hydrogen (secondary N) is 2. The van der Waals surface area contributed by atoms with Gasteiger partial charge in [-0.15, -0.1) is 0 Å². The van der Waals surface area contributed by atoms with Gasteiger partial charge in [0.05, 0.1) is 17.5 Å². The van der Waals surface area contributed by atoms with E-state index < -0.39 is 47.4 Å². The van der Waals surface area contributed by atoms with Crippen molar-refractivity contribution in [3.8, 4) is 5.75 Å². The number of benzene rings is 2. The van der Waals surface area contributed by atoms with Crippen molar-refractivity contribution in [1.29, 1.82) is 0 Å². The van der Waals surface area contributed by atoms with Gasteiger partial charge in [0.1, 0.15) is 17.9 Å². The highest BCUT2D eigenvalue weighted by Gasteiger charge is 2.38. The summed E-state index contributed by atoms with van der Waals surface area (Å²) in [7, 11) is 1.51. The first-order valence-electron chi connectivity index (χ1n) is 17.2. The second kappa shape index (κ2) is 18.7. The average molecular weight is 729 g/mol. The van der Waals surface area contributed by atoms with Crippen LogP contribution in [-0.2, 0) is 40.8 Å². The molecule has 2 amide bonds. The molecule has 1 aliphatic rings. The van der Waals surface area contributed by atoms with Crippen LogP contribution in [0.25, 0.3) is 0 Å². The Balaban J connectivity index is 1.96. The van der Waals surface area contributed by atoms with Crippen LogP contribution in [0.5, 0.6) is 5.75 Å². The molecular weight excluding hydrogens is 676 g/mol. The van der Waals surface area contributed by atoms with Gasteiger partial charge in [-0.1, -0.05) is 82.6 Å². The quantitative estimate of drug-likeness (QED) is 0.181. The summed E-state index contributed by atoms with van der Waals surface area (Å²) in [5, 5.41) is 5.96. The highest BCUT2D eigenvalue weighted by molar-refractivity contribution is 7.79. The molecule has 2 N–H and O–H groups in total. The van der Waals surface area contributed by atoms with E-state index in [1.54, 1.807) is 38.1 Å². The molecule has 11 heteroatoms. The smallest absolute Gasteiger partial charge is 0.347 e. The van der Waals surface area contributed by atoms with Crippen molar-refractivity contribution in [2.45, 2.75) is 97.6 Å². The van der Waals surface area contributed by atoms with Crippen molar-refractivity contribution < 1.29 is 33.4 Å². The molecule has 0 radical (unpaired) electrons. The third-order valence-electron chi connectivity index (χ3n) is 9.54. The highest BCUT2D eigenvalue weighted by Crippen LogP contribution is 2.34. The molecule has 2 aromatic rings. The molecule has 6 atom stereocenters. The summed E-state index contributed by atoms with van der Waals surface area (Å²) in [5.74, 6) is -1.04. The molecule has 0 saturated carbocycles. The molecule has 50 heavy (non-hydrogen) atoms. The van der Waals surface area contributed by atoms with Crippen molar-refractivity contribution in [2.24, 2.45) is 23.2 Å². The van der Waals surface area contributed by atoms with E-state index in [1.807, 2.05) is 20.8 Å². The van der Waals surface area contributed by atoms with E-state index >= 15 is 0 Å². The Morgan fingerprint density at radius 2 is 1.64 bits per heavy atom. The van der Waals surface area contributed by atoms with Crippen LogP contribution in [0.15, 0.2) is 54.6 Å². The molecule has 0 fully saturated rings. The molecule has 1 aliphatic heterocycles. The predicted octanol–water partition coefficient (Wildman–Crippen LogP) is 6.85. The van der Waals surface area contributed by atoms with Gasteiger partial charge in [0.2, 0.25) is 11.8 Å². The number of cyclic esters (lactones) is 2. The fourth-order valence-electron chi connectivity index (χ4n) is 5.84. The largest absolute Gasteiger partial charge is 0.495 e. The maximum Gasteiger partial charge on any atom is 0.347 e. The first kappa shape index (κ1) is 40.9. The number of esters is 2. The number of carbonyl (C=O) groups excluding carboxylic acids is 4. The third kappa shape index (κ3) is 11.5. The van der Waals surface area contributed by atoms with Gasteiger partial charge in [-0.25, -0.2) is 4.79 Å². The Hall–Kier alpha value is -3.50. The number of rotatable bonds is 10. The first-order chi connectivity index (χ1) is 23.6. The zero-order valence-corrected chi connectivity index (χ0v) is 32.1. The fourth-order valence-corrected chi connectivity index (χ4v) is 6.33. The van der Waals surface area contributed by atoms with Crippen LogP contribution in [-0.4, -0.2) is 55.7 Å². The predicted molar refractivity (Wildman–Crippen MR) is 199 cm³/mol. The Morgan fingerprint density at radius 1 is 0.980 bits per heavy atom. The summed E-state index contributed by atoms with van der Waals surface area (Å²) >= 11 is 10.7. The lowest BCUT2D eigenvalue weighted by Crippen LogP contribution is -2.51. The van der Waals surface area contributed by atoms with Gasteiger partial charge in [-0.05, 0) is 78.8 Å². The number of halogens is 1. The summed E-state index contributed by atoms with van der Waals surface area (Å²) in [6.07, 6.45) is 1.88. The summed E-state index contributed by atoms with van der Waals surface area (Å²) in [5.41, 5.74) is 1.79. The first-order valence-corrected chi connectivity index (χ1v) is 18.3. The zero-order valence-electron chi connectivity index (χ0n) is 30.5. The summed E-state index contributed by atoms with van der Waals surface area (Å²) in [4.78, 5) is 54.0. The number of methoxy groups -OCH3 is 1. The van der Waals surface area contributed by atoms with Gasteiger partial charge in [0.25, 0.3) is 0 Å². The van der Waals surface area contributed by atoms with Gasteiger partial charge < -0.3 is 24.8 Å². The molecule has 0 bridgehead atoms. The van der Waals surface area contributed by atoms with E-state index in [9.17, 15) is 19.2 Å². The fraction of sp³-hybridized carbons (Fsp3) is 0.538. The van der Waals surface area contributed by atoms with Crippen LogP contribution < -0.4 is 15.4 Å². The van der Waals surface area contributed by atoms with Gasteiger partial charge >= 0.3 is 11.9 Å². The van der Waals surface area contributed by atoms with Crippen molar-refractivity contribution in [2.75, 3.05) is 13.7 Å². The summed E-state index contributed by atoms with van der Waals surface area (Å²) in [6, 6.07) is 12.5. The monoisotopic (exact) mass is 728 g/mol. The van der Waals surface area contributed by atoms with Crippen molar-refractivity contribution in [3.63, 3.8) is 0 Å². The molecular formula is C39H53ClN2O7S. The van der Waals surface area contributed by atoms with Crippen LogP contribution >= 0.6 is 24.2 Å². The Morgan fingerprint density at radius 3 is 2.24 bits per heavy atom. The number of thiol groups is 1. The van der Waals surface area contributed by atoms with E-state index in [1.165, 1.54) is 13.2 Å². The standard InChI is InChI=1S/C39H53ClN2O7S/c1-23(2)18-34-37(45)48-32(26(5)24(3)25(4)29-15-12-27(21-50)13-16-29)10-9-11-35(43)42-31(20-28-14-17-33(47-8)30(40)19-28)36(44)41-22-39(6,7)38(46)49-34/h9,11-17,19,23-26,31-32,34,50H,10,18,20-22H2,1-8H3,(H,41,44)(H,42,43)/b11-9+/t24?,25-,26+,31+,32-,34-/m0/s1. The molecule has 1 heterocycles. The van der Waals surface area contributed by atoms with E-state index in [2.05, 4.69) is 61.4 Å². The van der Waals surface area contributed by atoms with E-state index in [-0.39, 0.29) is 49.5 Å². The SMILES string of the molecule is COc1ccc(C[C@H]2NC(=O)/C=C/C[C@@H]([C@H](C)C(C)[C@H](C)c3ccc(CS)cc3)OC(=O)[C@H](CC(C)C)OC(=O)C(C)(C)CNC2=O)cc1Cl. The van der Waals surface area contributed by atoms with Crippen LogP contribution in [0.3, 0.4) is 0 Å². The lowest BCUT2D eigenvalue weighted by molar-refractivity contribution is -0.179. The van der Waals surface area contributed by atoms with Crippen LogP contribution in [0.2, 0.25) is 5.02 Å². The maximum absolute atomic E-state index is 13.7. The van der Waals surface area contributed by atoms with E-state index in [0.29, 0.717) is 22.1 Å². The topological polar surface area (TPSA) is 120 Å². The van der Waals surface area contributed by atoms with Gasteiger partial charge in [0, 0.05) is 25.1 Å². The highest BCUT2D eigenvalue weighted by atomic mass is 35.5. The number of hydrogen-bond acceptors (Lipinski definition) is 8. The number of amides is 2. The van der Waals surface area contributed by atoms with Crippen molar-refractivity contribution >= 4 is 48.0 Å². The molecule has 2 aromatic carbocycles. The number of ether oxygens (including phenoxy) is 3. The molecule has 0 spiro atoms. The van der Waals surface area contributed by atoms with Crippen LogP contribution in [0.1, 0.15) is 83.9 Å². The molecule has 0 aliphatic carbocycles. The Bertz CT molecular complexity index is 1510. The van der Waals surface area contributed by atoms with E-state index in [4.69, 9.17) is 25.8 Å². The van der Waals surface area contributed by atoms with Gasteiger partial charge in [0.15, 0.2) is 6.10 Å². The second-order valence-corrected chi connectivity index (χ2v) is 15.1. The minimum atomic E-state index is -1.20. The number of hydrogen-bond donors (Lipinski definition) is 3. The minimum Gasteiger partial charge on any atom is -0.495 e. The Labute approximate surface area is 307 Å². The van der Waals surface area contributed by atoms with E-state index in [0.717, 1.165) is 11.1 Å². The minimum absolute atomic E-state index is 0.0274. The molecule has 1 unspecified atom stereocenters. The molecule has 0 saturated heterocycles.